The monoisotopic (exact) mass is 333 g/mol. The van der Waals surface area contributed by atoms with E-state index in [0.717, 1.165) is 0 Å². The Morgan fingerprint density at radius 2 is 1.78 bits per heavy atom. The summed E-state index contributed by atoms with van der Waals surface area (Å²) in [7, 11) is 0. The molecule has 0 unspecified atom stereocenters. The quantitative estimate of drug-likeness (QED) is 0.804. The molecule has 0 N–H and O–H groups in total. The number of carbonyl (C=O) groups is 3. The smallest absolute Gasteiger partial charge is 0.324 e. The molecule has 3 rings (SSSR count). The molecule has 8 heteroatoms. The lowest BCUT2D eigenvalue weighted by atomic mass is 10.1. The summed E-state index contributed by atoms with van der Waals surface area (Å²) in [4.78, 5) is 41.6. The first kappa shape index (κ1) is 15.2. The van der Waals surface area contributed by atoms with Gasteiger partial charge in [0.1, 0.15) is 10.7 Å². The Bertz CT molecular complexity index is 808. The Morgan fingerprint density at radius 3 is 2.26 bits per heavy atom. The van der Waals surface area contributed by atoms with E-state index in [4.69, 9.17) is 16.4 Å². The lowest BCUT2D eigenvalue weighted by molar-refractivity contribution is -0.0585. The number of imide groups is 1. The van der Waals surface area contributed by atoms with E-state index in [2.05, 4.69) is 5.10 Å². The molecule has 0 fully saturated rings. The molecular weight excluding hydrogens is 322 g/mol. The predicted octanol–water partition coefficient (Wildman–Crippen LogP) is 2.23. The van der Waals surface area contributed by atoms with Crippen LogP contribution in [0.5, 0.6) is 0 Å². The van der Waals surface area contributed by atoms with Crippen LogP contribution in [0.1, 0.15) is 43.7 Å². The van der Waals surface area contributed by atoms with E-state index in [9.17, 15) is 14.4 Å². The number of benzene rings is 1. The minimum Gasteiger partial charge on any atom is -0.324 e. The maximum absolute atomic E-state index is 12.3. The van der Waals surface area contributed by atoms with E-state index in [0.29, 0.717) is 17.3 Å². The van der Waals surface area contributed by atoms with Gasteiger partial charge >= 0.3 is 5.97 Å². The first-order valence-electron chi connectivity index (χ1n) is 6.88. The lowest BCUT2D eigenvalue weighted by Crippen LogP contribution is -2.32. The van der Waals surface area contributed by atoms with Crippen molar-refractivity contribution in [2.45, 2.75) is 20.4 Å². The van der Waals surface area contributed by atoms with Crippen molar-refractivity contribution in [1.29, 1.82) is 0 Å². The molecule has 1 aliphatic rings. The summed E-state index contributed by atoms with van der Waals surface area (Å²) in [5.41, 5.74) is 0.776. The number of aryl methyl sites for hydroxylation is 2. The molecule has 7 nitrogen and oxygen atoms in total. The van der Waals surface area contributed by atoms with Gasteiger partial charge in [-0.3, -0.25) is 14.3 Å². The normalized spacial score (nSPS) is 13.4. The first-order valence-corrected chi connectivity index (χ1v) is 7.26. The SMILES string of the molecule is CCn1nc(C)c(C(=O)ON2C(=O)c3ccccc3C2=O)c1Cl. The highest BCUT2D eigenvalue weighted by Crippen LogP contribution is 2.25. The first-order chi connectivity index (χ1) is 11.0. The number of hydroxylamine groups is 2. The number of amides is 2. The molecule has 0 saturated carbocycles. The maximum Gasteiger partial charge on any atom is 0.368 e. The van der Waals surface area contributed by atoms with Crippen LogP contribution in [0.2, 0.25) is 5.15 Å². The number of rotatable bonds is 3. The summed E-state index contributed by atoms with van der Waals surface area (Å²) in [5, 5.41) is 4.65. The third-order valence-electron chi connectivity index (χ3n) is 3.50. The van der Waals surface area contributed by atoms with Gasteiger partial charge < -0.3 is 4.84 Å². The van der Waals surface area contributed by atoms with Crippen molar-refractivity contribution < 1.29 is 19.2 Å². The fourth-order valence-corrected chi connectivity index (χ4v) is 2.74. The van der Waals surface area contributed by atoms with Crippen molar-refractivity contribution >= 4 is 29.4 Å². The van der Waals surface area contributed by atoms with Crippen LogP contribution < -0.4 is 0 Å². The second kappa shape index (κ2) is 5.51. The van der Waals surface area contributed by atoms with Gasteiger partial charge in [0.25, 0.3) is 11.8 Å². The second-order valence-electron chi connectivity index (χ2n) is 4.90. The predicted molar refractivity (Wildman–Crippen MR) is 80.0 cm³/mol. The summed E-state index contributed by atoms with van der Waals surface area (Å²) in [6.45, 7) is 3.88. The largest absolute Gasteiger partial charge is 0.368 e. The highest BCUT2D eigenvalue weighted by Gasteiger charge is 2.39. The molecule has 0 aliphatic carbocycles. The van der Waals surface area contributed by atoms with Crippen molar-refractivity contribution in [2.24, 2.45) is 0 Å². The highest BCUT2D eigenvalue weighted by molar-refractivity contribution is 6.33. The van der Waals surface area contributed by atoms with Gasteiger partial charge in [-0.25, -0.2) is 4.79 Å². The van der Waals surface area contributed by atoms with Crippen molar-refractivity contribution in [3.05, 3.63) is 51.8 Å². The van der Waals surface area contributed by atoms with Crippen molar-refractivity contribution in [3.8, 4) is 0 Å². The fraction of sp³-hybridized carbons (Fsp3) is 0.200. The second-order valence-corrected chi connectivity index (χ2v) is 5.25. The number of nitrogens with zero attached hydrogens (tertiary/aromatic N) is 3. The van der Waals surface area contributed by atoms with Gasteiger partial charge in [-0.15, -0.1) is 0 Å². The van der Waals surface area contributed by atoms with E-state index in [1.807, 2.05) is 6.92 Å². The molecule has 0 atom stereocenters. The topological polar surface area (TPSA) is 81.5 Å². The third-order valence-corrected chi connectivity index (χ3v) is 3.88. The summed E-state index contributed by atoms with van der Waals surface area (Å²) < 4.78 is 1.43. The third kappa shape index (κ3) is 2.29. The van der Waals surface area contributed by atoms with E-state index < -0.39 is 17.8 Å². The Kier molecular flexibility index (Phi) is 3.65. The van der Waals surface area contributed by atoms with Crippen molar-refractivity contribution in [3.63, 3.8) is 0 Å². The van der Waals surface area contributed by atoms with Gasteiger partial charge in [-0.2, -0.15) is 5.10 Å². The zero-order valence-electron chi connectivity index (χ0n) is 12.4. The van der Waals surface area contributed by atoms with Gasteiger partial charge in [0.05, 0.1) is 16.8 Å². The molecule has 0 bridgehead atoms. The molecule has 0 radical (unpaired) electrons. The molecular formula is C15H12ClN3O4. The Morgan fingerprint density at radius 1 is 1.22 bits per heavy atom. The van der Waals surface area contributed by atoms with Crippen LogP contribution in [-0.2, 0) is 11.4 Å². The highest BCUT2D eigenvalue weighted by atomic mass is 35.5. The number of hydrogen-bond donors (Lipinski definition) is 0. The van der Waals surface area contributed by atoms with Crippen LogP contribution in [0.4, 0.5) is 0 Å². The van der Waals surface area contributed by atoms with Crippen LogP contribution in [0, 0.1) is 6.92 Å². The standard InChI is InChI=1S/C15H12ClN3O4/c1-3-18-12(16)11(8(2)17-18)15(22)23-19-13(20)9-6-4-5-7-10(9)14(19)21/h4-7H,3H2,1-2H3. The van der Waals surface area contributed by atoms with Gasteiger partial charge in [0.2, 0.25) is 0 Å². The molecule has 1 aromatic heterocycles. The lowest BCUT2D eigenvalue weighted by Gasteiger charge is -2.12. The molecule has 2 heterocycles. The van der Waals surface area contributed by atoms with Crippen LogP contribution in [0.15, 0.2) is 24.3 Å². The maximum atomic E-state index is 12.3. The minimum atomic E-state index is -0.901. The number of carbonyl (C=O) groups excluding carboxylic acids is 3. The number of halogens is 1. The molecule has 1 aliphatic heterocycles. The summed E-state index contributed by atoms with van der Waals surface area (Å²) in [6, 6.07) is 6.25. The zero-order valence-corrected chi connectivity index (χ0v) is 13.1. The van der Waals surface area contributed by atoms with E-state index in [-0.39, 0.29) is 21.8 Å². The molecule has 118 valence electrons. The number of aromatic nitrogens is 2. The average molecular weight is 334 g/mol. The van der Waals surface area contributed by atoms with Gasteiger partial charge in [0, 0.05) is 6.54 Å². The summed E-state index contributed by atoms with van der Waals surface area (Å²) in [6.07, 6.45) is 0. The molecule has 2 amide bonds. The van der Waals surface area contributed by atoms with E-state index >= 15 is 0 Å². The van der Waals surface area contributed by atoms with E-state index in [1.165, 1.54) is 16.8 Å². The summed E-state index contributed by atoms with van der Waals surface area (Å²) in [5.74, 6) is -2.27. The van der Waals surface area contributed by atoms with Gasteiger partial charge in [-0.05, 0) is 26.0 Å². The fourth-order valence-electron chi connectivity index (χ4n) is 2.37. The average Bonchev–Trinajstić information content (AvgIpc) is 2.96. The van der Waals surface area contributed by atoms with Gasteiger partial charge in [-0.1, -0.05) is 28.8 Å². The molecule has 0 spiro atoms. The van der Waals surface area contributed by atoms with E-state index in [1.54, 1.807) is 19.1 Å². The van der Waals surface area contributed by atoms with Crippen LogP contribution >= 0.6 is 11.6 Å². The van der Waals surface area contributed by atoms with Crippen LogP contribution in [-0.4, -0.2) is 32.6 Å². The number of hydrogen-bond acceptors (Lipinski definition) is 5. The number of fused-ring (bicyclic) bond motifs is 1. The van der Waals surface area contributed by atoms with Crippen molar-refractivity contribution in [2.75, 3.05) is 0 Å². The van der Waals surface area contributed by atoms with Gasteiger partial charge in [0.15, 0.2) is 0 Å². The Balaban J connectivity index is 1.89. The molecule has 2 aromatic rings. The summed E-state index contributed by atoms with van der Waals surface area (Å²) >= 11 is 6.08. The molecule has 1 aromatic carbocycles. The van der Waals surface area contributed by atoms with Crippen molar-refractivity contribution in [1.82, 2.24) is 14.8 Å². The Labute approximate surface area is 136 Å². The van der Waals surface area contributed by atoms with Crippen LogP contribution in [0.3, 0.4) is 0 Å². The van der Waals surface area contributed by atoms with Crippen LogP contribution in [0.25, 0.3) is 0 Å². The molecule has 0 saturated heterocycles. The Hall–Kier alpha value is -2.67. The zero-order chi connectivity index (χ0) is 16.7. The molecule has 23 heavy (non-hydrogen) atoms. The minimum absolute atomic E-state index is 0.0325.